The second-order valence-corrected chi connectivity index (χ2v) is 8.66. The van der Waals surface area contributed by atoms with E-state index in [2.05, 4.69) is 10.0 Å². The van der Waals surface area contributed by atoms with Gasteiger partial charge in [0, 0.05) is 16.8 Å². The maximum atomic E-state index is 12.5. The van der Waals surface area contributed by atoms with Gasteiger partial charge in [-0.15, -0.1) is 0 Å². The van der Waals surface area contributed by atoms with Gasteiger partial charge in [-0.25, -0.2) is 13.1 Å². The van der Waals surface area contributed by atoms with E-state index in [1.54, 1.807) is 12.1 Å². The van der Waals surface area contributed by atoms with Crippen LogP contribution in [0.3, 0.4) is 0 Å². The third-order valence-electron chi connectivity index (χ3n) is 4.77. The number of hydrogen-bond acceptors (Lipinski definition) is 4. The second-order valence-electron chi connectivity index (χ2n) is 6.77. The van der Waals surface area contributed by atoms with Gasteiger partial charge in [-0.05, 0) is 54.6 Å². The lowest BCUT2D eigenvalue weighted by Crippen LogP contribution is -2.18. The number of sulfonamides is 1. The first-order valence-corrected chi connectivity index (χ1v) is 10.8. The lowest BCUT2D eigenvalue weighted by molar-refractivity contribution is -0.110. The van der Waals surface area contributed by atoms with Crippen LogP contribution in [-0.2, 0) is 21.4 Å². The molecule has 1 amide bonds. The molecule has 4 rings (SSSR count). The van der Waals surface area contributed by atoms with Crippen molar-refractivity contribution in [3.63, 3.8) is 0 Å². The van der Waals surface area contributed by atoms with E-state index in [0.717, 1.165) is 11.1 Å². The van der Waals surface area contributed by atoms with E-state index in [1.807, 2.05) is 54.6 Å². The van der Waals surface area contributed by atoms with E-state index < -0.39 is 10.0 Å². The average molecular weight is 420 g/mol. The van der Waals surface area contributed by atoms with Crippen LogP contribution in [0.4, 0.5) is 5.69 Å². The Morgan fingerprint density at radius 2 is 1.80 bits per heavy atom. The van der Waals surface area contributed by atoms with Gasteiger partial charge in [0.05, 0.1) is 4.90 Å². The quantitative estimate of drug-likeness (QED) is 0.596. The van der Waals surface area contributed by atoms with Crippen LogP contribution >= 0.6 is 0 Å². The maximum Gasteiger partial charge on any atom is 0.256 e. The van der Waals surface area contributed by atoms with Gasteiger partial charge in [0.15, 0.2) is 0 Å². The zero-order valence-corrected chi connectivity index (χ0v) is 17.1. The van der Waals surface area contributed by atoms with Crippen molar-refractivity contribution in [1.29, 1.82) is 0 Å². The number of benzene rings is 3. The molecule has 1 heterocycles. The third kappa shape index (κ3) is 4.12. The van der Waals surface area contributed by atoms with Crippen LogP contribution < -0.4 is 14.8 Å². The van der Waals surface area contributed by atoms with E-state index in [-0.39, 0.29) is 10.8 Å². The molecule has 0 saturated heterocycles. The van der Waals surface area contributed by atoms with Gasteiger partial charge >= 0.3 is 0 Å². The molecule has 0 fully saturated rings. The van der Waals surface area contributed by atoms with Gasteiger partial charge in [-0.3, -0.25) is 4.79 Å². The fourth-order valence-corrected chi connectivity index (χ4v) is 3.95. The van der Waals surface area contributed by atoms with E-state index in [0.29, 0.717) is 29.2 Å². The Kier molecular flexibility index (Phi) is 5.39. The van der Waals surface area contributed by atoms with Gasteiger partial charge in [-0.2, -0.15) is 0 Å². The number of hydrogen-bond donors (Lipinski definition) is 2. The molecule has 3 aromatic rings. The molecule has 0 atom stereocenters. The van der Waals surface area contributed by atoms with Crippen LogP contribution in [0.15, 0.2) is 77.7 Å². The van der Waals surface area contributed by atoms with E-state index in [4.69, 9.17) is 4.74 Å². The van der Waals surface area contributed by atoms with E-state index >= 15 is 0 Å². The van der Waals surface area contributed by atoms with Crippen LogP contribution in [0.25, 0.3) is 11.6 Å². The van der Waals surface area contributed by atoms with Crippen molar-refractivity contribution < 1.29 is 17.9 Å². The summed E-state index contributed by atoms with van der Waals surface area (Å²) < 4.78 is 32.4. The van der Waals surface area contributed by atoms with Gasteiger partial charge in [-0.1, -0.05) is 42.5 Å². The molecule has 3 aromatic carbocycles. The zero-order chi connectivity index (χ0) is 21.1. The molecule has 0 spiro atoms. The molecule has 0 unspecified atom stereocenters. The maximum absolute atomic E-state index is 12.5. The SMILES string of the molecule is CNS(=O)(=O)c1ccc2c(c1)C(=Cc1cccc(OCc3ccccc3)c1)C(=O)N2. The summed E-state index contributed by atoms with van der Waals surface area (Å²) in [5.41, 5.74) is 3.37. The monoisotopic (exact) mass is 420 g/mol. The molecule has 0 aromatic heterocycles. The van der Waals surface area contributed by atoms with Crippen molar-refractivity contribution in [2.45, 2.75) is 11.5 Å². The van der Waals surface area contributed by atoms with Crippen LogP contribution in [0.1, 0.15) is 16.7 Å². The normalized spacial score (nSPS) is 14.4. The summed E-state index contributed by atoms with van der Waals surface area (Å²) in [7, 11) is -2.26. The van der Waals surface area contributed by atoms with Crippen molar-refractivity contribution in [3.8, 4) is 5.75 Å². The molecule has 2 N–H and O–H groups in total. The number of carbonyl (C=O) groups excluding carboxylic acids is 1. The van der Waals surface area contributed by atoms with Gasteiger partial charge in [0.2, 0.25) is 10.0 Å². The Bertz CT molecular complexity index is 1240. The molecular formula is C23H20N2O4S. The van der Waals surface area contributed by atoms with Crippen molar-refractivity contribution >= 4 is 33.3 Å². The predicted octanol–water partition coefficient (Wildman–Crippen LogP) is 3.67. The minimum absolute atomic E-state index is 0.103. The summed E-state index contributed by atoms with van der Waals surface area (Å²) >= 11 is 0. The standard InChI is InChI=1S/C23H20N2O4S/c1-24-30(27,28)19-10-11-22-20(14-19)21(23(26)25-22)13-17-8-5-9-18(12-17)29-15-16-6-3-2-4-7-16/h2-14,24H,15H2,1H3,(H,25,26). The second kappa shape index (κ2) is 8.14. The first-order valence-electron chi connectivity index (χ1n) is 9.34. The minimum Gasteiger partial charge on any atom is -0.489 e. The Balaban J connectivity index is 1.63. The molecule has 1 aliphatic heterocycles. The van der Waals surface area contributed by atoms with Crippen molar-refractivity contribution in [3.05, 3.63) is 89.5 Å². The highest BCUT2D eigenvalue weighted by atomic mass is 32.2. The van der Waals surface area contributed by atoms with Crippen molar-refractivity contribution in [1.82, 2.24) is 4.72 Å². The smallest absolute Gasteiger partial charge is 0.256 e. The highest BCUT2D eigenvalue weighted by Gasteiger charge is 2.26. The summed E-state index contributed by atoms with van der Waals surface area (Å²) in [6, 6.07) is 21.8. The van der Waals surface area contributed by atoms with Gasteiger partial charge in [0.25, 0.3) is 5.91 Å². The van der Waals surface area contributed by atoms with E-state index in [1.165, 1.54) is 19.2 Å². The van der Waals surface area contributed by atoms with E-state index in [9.17, 15) is 13.2 Å². The molecule has 7 heteroatoms. The molecule has 6 nitrogen and oxygen atoms in total. The fraction of sp³-hybridized carbons (Fsp3) is 0.0870. The molecule has 1 aliphatic rings. The third-order valence-corrected chi connectivity index (χ3v) is 6.18. The highest BCUT2D eigenvalue weighted by Crippen LogP contribution is 2.35. The first kappa shape index (κ1) is 19.9. The summed E-state index contributed by atoms with van der Waals surface area (Å²) in [6.45, 7) is 0.440. The van der Waals surface area contributed by atoms with Crippen molar-refractivity contribution in [2.75, 3.05) is 12.4 Å². The molecule has 152 valence electrons. The van der Waals surface area contributed by atoms with Crippen molar-refractivity contribution in [2.24, 2.45) is 0 Å². The van der Waals surface area contributed by atoms with Gasteiger partial charge in [0.1, 0.15) is 12.4 Å². The molecule has 0 aliphatic carbocycles. The number of amides is 1. The predicted molar refractivity (Wildman–Crippen MR) is 116 cm³/mol. The van der Waals surface area contributed by atoms with Crippen LogP contribution in [0.5, 0.6) is 5.75 Å². The largest absolute Gasteiger partial charge is 0.489 e. The summed E-state index contributed by atoms with van der Waals surface area (Å²) in [5.74, 6) is 0.401. The van der Waals surface area contributed by atoms with Crippen LogP contribution in [0.2, 0.25) is 0 Å². The number of rotatable bonds is 6. The fourth-order valence-electron chi connectivity index (χ4n) is 3.20. The number of carbonyl (C=O) groups is 1. The Hall–Kier alpha value is -3.42. The summed E-state index contributed by atoms with van der Waals surface area (Å²) in [5, 5.41) is 2.77. The summed E-state index contributed by atoms with van der Waals surface area (Å²) in [6.07, 6.45) is 1.73. The lowest BCUT2D eigenvalue weighted by atomic mass is 10.0. The average Bonchev–Trinajstić information content (AvgIpc) is 3.07. The molecule has 0 saturated carbocycles. The highest BCUT2D eigenvalue weighted by molar-refractivity contribution is 7.89. The summed E-state index contributed by atoms with van der Waals surface area (Å²) in [4.78, 5) is 12.6. The number of anilines is 1. The Morgan fingerprint density at radius 1 is 1.00 bits per heavy atom. The zero-order valence-electron chi connectivity index (χ0n) is 16.3. The number of fused-ring (bicyclic) bond motifs is 1. The number of nitrogens with one attached hydrogen (secondary N) is 2. The minimum atomic E-state index is -3.61. The molecule has 0 radical (unpaired) electrons. The number of ether oxygens (including phenoxy) is 1. The molecule has 0 bridgehead atoms. The topological polar surface area (TPSA) is 84.5 Å². The first-order chi connectivity index (χ1) is 14.5. The molecule has 30 heavy (non-hydrogen) atoms. The van der Waals surface area contributed by atoms with Gasteiger partial charge < -0.3 is 10.1 Å². The Morgan fingerprint density at radius 3 is 2.57 bits per heavy atom. The molecular weight excluding hydrogens is 400 g/mol. The van der Waals surface area contributed by atoms with Crippen LogP contribution in [-0.4, -0.2) is 21.4 Å². The van der Waals surface area contributed by atoms with Crippen LogP contribution in [0, 0.1) is 0 Å². The lowest BCUT2D eigenvalue weighted by Gasteiger charge is -2.07. The Labute approximate surface area is 175 Å².